The fourth-order valence-corrected chi connectivity index (χ4v) is 4.47. The second-order valence-corrected chi connectivity index (χ2v) is 7.97. The van der Waals surface area contributed by atoms with Crippen LogP contribution in [-0.2, 0) is 19.3 Å². The number of hydrogen-bond donors (Lipinski definition) is 2. The molecule has 7 heteroatoms. The topological polar surface area (TPSA) is 70.7 Å². The van der Waals surface area contributed by atoms with Crippen LogP contribution in [0.2, 0.25) is 5.02 Å². The SMILES string of the molecule is O=C(NCCc1nc2c(s1)CCCC2)c1cc(-c2cccc(Cl)c2)n[nH]1. The van der Waals surface area contributed by atoms with Gasteiger partial charge in [-0.3, -0.25) is 9.89 Å². The normalized spacial score (nSPS) is 13.4. The van der Waals surface area contributed by atoms with Gasteiger partial charge in [-0.2, -0.15) is 5.10 Å². The van der Waals surface area contributed by atoms with E-state index >= 15 is 0 Å². The minimum Gasteiger partial charge on any atom is -0.350 e. The van der Waals surface area contributed by atoms with E-state index in [1.54, 1.807) is 17.4 Å². The summed E-state index contributed by atoms with van der Waals surface area (Å²) < 4.78 is 0. The van der Waals surface area contributed by atoms with Gasteiger partial charge >= 0.3 is 0 Å². The maximum atomic E-state index is 12.3. The highest BCUT2D eigenvalue weighted by molar-refractivity contribution is 7.11. The van der Waals surface area contributed by atoms with E-state index in [0.29, 0.717) is 23.0 Å². The van der Waals surface area contributed by atoms with E-state index in [4.69, 9.17) is 16.6 Å². The van der Waals surface area contributed by atoms with Crippen molar-refractivity contribution >= 4 is 28.8 Å². The quantitative estimate of drug-likeness (QED) is 0.695. The molecule has 26 heavy (non-hydrogen) atoms. The fraction of sp³-hybridized carbons (Fsp3) is 0.316. The van der Waals surface area contributed by atoms with Gasteiger partial charge in [0.2, 0.25) is 0 Å². The summed E-state index contributed by atoms with van der Waals surface area (Å²) in [4.78, 5) is 18.5. The molecular formula is C19H19ClN4OS. The first kappa shape index (κ1) is 17.2. The summed E-state index contributed by atoms with van der Waals surface area (Å²) in [7, 11) is 0. The zero-order valence-corrected chi connectivity index (χ0v) is 15.8. The number of carbonyl (C=O) groups excluding carboxylic acids is 1. The van der Waals surface area contributed by atoms with Gasteiger partial charge in [-0.05, 0) is 43.9 Å². The number of rotatable bonds is 5. The first-order chi connectivity index (χ1) is 12.7. The van der Waals surface area contributed by atoms with Crippen molar-refractivity contribution < 1.29 is 4.79 Å². The number of halogens is 1. The molecule has 1 aromatic carbocycles. The molecule has 3 aromatic rings. The summed E-state index contributed by atoms with van der Waals surface area (Å²) in [6, 6.07) is 9.14. The van der Waals surface area contributed by atoms with Crippen LogP contribution in [0.3, 0.4) is 0 Å². The van der Waals surface area contributed by atoms with Crippen molar-refractivity contribution in [1.29, 1.82) is 0 Å². The third-order valence-electron chi connectivity index (χ3n) is 4.46. The molecule has 0 unspecified atom stereocenters. The first-order valence-electron chi connectivity index (χ1n) is 8.76. The Morgan fingerprint density at radius 3 is 3.00 bits per heavy atom. The molecule has 5 nitrogen and oxygen atoms in total. The molecule has 0 saturated heterocycles. The van der Waals surface area contributed by atoms with Crippen LogP contribution in [0.5, 0.6) is 0 Å². The second kappa shape index (κ2) is 7.60. The monoisotopic (exact) mass is 386 g/mol. The van der Waals surface area contributed by atoms with Crippen molar-refractivity contribution in [2.24, 2.45) is 0 Å². The van der Waals surface area contributed by atoms with Crippen molar-refractivity contribution in [3.63, 3.8) is 0 Å². The lowest BCUT2D eigenvalue weighted by molar-refractivity contribution is 0.0949. The zero-order chi connectivity index (χ0) is 17.9. The smallest absolute Gasteiger partial charge is 0.269 e. The van der Waals surface area contributed by atoms with Gasteiger partial charge in [0.05, 0.1) is 16.4 Å². The number of nitrogens with zero attached hydrogens (tertiary/aromatic N) is 2. The van der Waals surface area contributed by atoms with Crippen LogP contribution >= 0.6 is 22.9 Å². The largest absolute Gasteiger partial charge is 0.350 e. The van der Waals surface area contributed by atoms with E-state index in [2.05, 4.69) is 15.5 Å². The zero-order valence-electron chi connectivity index (χ0n) is 14.2. The van der Waals surface area contributed by atoms with Crippen molar-refractivity contribution in [2.75, 3.05) is 6.54 Å². The Labute approximate surface area is 160 Å². The van der Waals surface area contributed by atoms with E-state index < -0.39 is 0 Å². The molecule has 0 atom stereocenters. The fourth-order valence-electron chi connectivity index (χ4n) is 3.12. The summed E-state index contributed by atoms with van der Waals surface area (Å²) in [5.41, 5.74) is 3.28. The van der Waals surface area contributed by atoms with Gasteiger partial charge in [0, 0.05) is 28.4 Å². The maximum Gasteiger partial charge on any atom is 0.269 e. The standard InChI is InChI=1S/C19H19ClN4OS/c20-13-5-3-4-12(10-13)15-11-16(24-23-15)19(25)21-9-8-18-22-14-6-1-2-7-17(14)26-18/h3-5,10-11H,1-2,6-9H2,(H,21,25)(H,23,24). The number of fused-ring (bicyclic) bond motifs is 1. The molecule has 2 heterocycles. The number of nitrogens with one attached hydrogen (secondary N) is 2. The summed E-state index contributed by atoms with van der Waals surface area (Å²) in [6.45, 7) is 0.566. The molecular weight excluding hydrogens is 368 g/mol. The Kier molecular flexibility index (Phi) is 5.04. The molecule has 0 fully saturated rings. The highest BCUT2D eigenvalue weighted by Gasteiger charge is 2.15. The molecule has 0 saturated carbocycles. The Hall–Kier alpha value is -2.18. The highest BCUT2D eigenvalue weighted by Crippen LogP contribution is 2.26. The summed E-state index contributed by atoms with van der Waals surface area (Å²) in [5, 5.41) is 11.7. The van der Waals surface area contributed by atoms with Gasteiger partial charge in [-0.25, -0.2) is 4.98 Å². The average Bonchev–Trinajstić information content (AvgIpc) is 3.28. The highest BCUT2D eigenvalue weighted by atomic mass is 35.5. The lowest BCUT2D eigenvalue weighted by atomic mass is 10.0. The molecule has 0 bridgehead atoms. The third-order valence-corrected chi connectivity index (χ3v) is 5.91. The van der Waals surface area contributed by atoms with Gasteiger partial charge in [0.25, 0.3) is 5.91 Å². The Morgan fingerprint density at radius 2 is 2.15 bits per heavy atom. The van der Waals surface area contributed by atoms with Gasteiger partial charge < -0.3 is 5.32 Å². The number of aromatic nitrogens is 3. The van der Waals surface area contributed by atoms with E-state index in [1.165, 1.54) is 23.4 Å². The van der Waals surface area contributed by atoms with Gasteiger partial charge in [0.1, 0.15) is 5.69 Å². The van der Waals surface area contributed by atoms with Crippen molar-refractivity contribution in [3.05, 3.63) is 56.6 Å². The third kappa shape index (κ3) is 3.81. The minimum atomic E-state index is -0.160. The van der Waals surface area contributed by atoms with Gasteiger partial charge in [-0.15, -0.1) is 11.3 Å². The van der Waals surface area contributed by atoms with E-state index in [9.17, 15) is 4.79 Å². The van der Waals surface area contributed by atoms with E-state index in [-0.39, 0.29) is 5.91 Å². The number of aryl methyl sites for hydroxylation is 2. The molecule has 2 N–H and O–H groups in total. The van der Waals surface area contributed by atoms with Crippen LogP contribution in [-0.4, -0.2) is 27.6 Å². The lowest BCUT2D eigenvalue weighted by Crippen LogP contribution is -2.26. The molecule has 0 radical (unpaired) electrons. The van der Waals surface area contributed by atoms with Crippen LogP contribution < -0.4 is 5.32 Å². The van der Waals surface area contributed by atoms with Crippen LogP contribution in [0.1, 0.15) is 38.9 Å². The molecule has 4 rings (SSSR count). The minimum absolute atomic E-state index is 0.160. The Balaban J connectivity index is 1.34. The molecule has 1 amide bonds. The predicted octanol–water partition coefficient (Wildman–Crippen LogP) is 4.04. The van der Waals surface area contributed by atoms with E-state index in [1.807, 2.05) is 24.3 Å². The Bertz CT molecular complexity index is 910. The van der Waals surface area contributed by atoms with Crippen LogP contribution in [0.15, 0.2) is 30.3 Å². The van der Waals surface area contributed by atoms with Gasteiger partial charge in [-0.1, -0.05) is 23.7 Å². The van der Waals surface area contributed by atoms with Crippen molar-refractivity contribution in [3.8, 4) is 11.3 Å². The number of hydrogen-bond acceptors (Lipinski definition) is 4. The van der Waals surface area contributed by atoms with Crippen molar-refractivity contribution in [1.82, 2.24) is 20.5 Å². The molecule has 0 aliphatic heterocycles. The summed E-state index contributed by atoms with van der Waals surface area (Å²) in [6.07, 6.45) is 5.51. The van der Waals surface area contributed by atoms with E-state index in [0.717, 1.165) is 29.8 Å². The van der Waals surface area contributed by atoms with Gasteiger partial charge in [0.15, 0.2) is 0 Å². The lowest BCUT2D eigenvalue weighted by Gasteiger charge is -2.06. The number of thiazole rings is 1. The molecule has 134 valence electrons. The Morgan fingerprint density at radius 1 is 1.27 bits per heavy atom. The number of H-pyrrole nitrogens is 1. The molecule has 2 aromatic heterocycles. The second-order valence-electron chi connectivity index (χ2n) is 6.37. The predicted molar refractivity (Wildman–Crippen MR) is 104 cm³/mol. The number of aromatic amines is 1. The summed E-state index contributed by atoms with van der Waals surface area (Å²) >= 11 is 7.80. The molecule has 0 spiro atoms. The van der Waals surface area contributed by atoms with Crippen LogP contribution in [0.4, 0.5) is 0 Å². The molecule has 1 aliphatic rings. The number of carbonyl (C=O) groups is 1. The average molecular weight is 387 g/mol. The maximum absolute atomic E-state index is 12.3. The summed E-state index contributed by atoms with van der Waals surface area (Å²) in [5.74, 6) is -0.160. The number of benzene rings is 1. The van der Waals surface area contributed by atoms with Crippen molar-refractivity contribution in [2.45, 2.75) is 32.1 Å². The van der Waals surface area contributed by atoms with Crippen LogP contribution in [0, 0.1) is 0 Å². The first-order valence-corrected chi connectivity index (χ1v) is 9.95. The van der Waals surface area contributed by atoms with Crippen LogP contribution in [0.25, 0.3) is 11.3 Å². The molecule has 1 aliphatic carbocycles. The number of amides is 1.